The fraction of sp³-hybridized carbons (Fsp3) is 0.118. The van der Waals surface area contributed by atoms with Crippen molar-refractivity contribution >= 4 is 40.1 Å². The summed E-state index contributed by atoms with van der Waals surface area (Å²) in [6.45, 7) is 0. The van der Waals surface area contributed by atoms with Gasteiger partial charge in [0, 0.05) is 12.1 Å². The maximum Gasteiger partial charge on any atom is 0.240 e. The third-order valence-electron chi connectivity index (χ3n) is 3.36. The van der Waals surface area contributed by atoms with Crippen LogP contribution in [0.1, 0.15) is 6.42 Å². The van der Waals surface area contributed by atoms with E-state index in [1.54, 1.807) is 12.1 Å². The van der Waals surface area contributed by atoms with E-state index in [1.807, 2.05) is 0 Å². The third-order valence-corrected chi connectivity index (χ3v) is 4.44. The zero-order valence-electron chi connectivity index (χ0n) is 12.9. The Bertz CT molecular complexity index is 822. The molecule has 0 bridgehead atoms. The number of nitrogens with zero attached hydrogens (tertiary/aromatic N) is 1. The zero-order chi connectivity index (χ0) is 17.8. The molecule has 1 saturated heterocycles. The van der Waals surface area contributed by atoms with Gasteiger partial charge in [0.05, 0.1) is 5.69 Å². The lowest BCUT2D eigenvalue weighted by Gasteiger charge is -2.07. The summed E-state index contributed by atoms with van der Waals surface area (Å²) in [6.07, 6.45) is -0.0253. The first-order valence-corrected chi connectivity index (χ1v) is 8.28. The molecular weight excluding hydrogens is 345 g/mol. The van der Waals surface area contributed by atoms with Gasteiger partial charge in [-0.3, -0.25) is 9.59 Å². The normalized spacial score (nSPS) is 18.2. The van der Waals surface area contributed by atoms with E-state index in [0.29, 0.717) is 16.5 Å². The second kappa shape index (κ2) is 7.35. The number of hydrogen-bond acceptors (Lipinski definition) is 5. The van der Waals surface area contributed by atoms with Gasteiger partial charge in [0.1, 0.15) is 16.8 Å². The number of phenols is 1. The van der Waals surface area contributed by atoms with Gasteiger partial charge in [-0.15, -0.1) is 0 Å². The van der Waals surface area contributed by atoms with E-state index in [1.165, 1.54) is 48.2 Å². The Morgan fingerprint density at radius 3 is 2.56 bits per heavy atom. The first-order chi connectivity index (χ1) is 12.0. The van der Waals surface area contributed by atoms with Crippen molar-refractivity contribution < 1.29 is 19.1 Å². The van der Waals surface area contributed by atoms with Crippen LogP contribution in [0.3, 0.4) is 0 Å². The summed E-state index contributed by atoms with van der Waals surface area (Å²) < 4.78 is 12.9. The maximum atomic E-state index is 12.9. The molecule has 1 atom stereocenters. The quantitative estimate of drug-likeness (QED) is 0.783. The van der Waals surface area contributed by atoms with E-state index in [-0.39, 0.29) is 29.8 Å². The van der Waals surface area contributed by atoms with Gasteiger partial charge in [0.25, 0.3) is 0 Å². The number of phenolic OH excluding ortho intramolecular Hbond substituents is 1. The van der Waals surface area contributed by atoms with Gasteiger partial charge in [-0.1, -0.05) is 11.8 Å². The van der Waals surface area contributed by atoms with E-state index >= 15 is 0 Å². The fourth-order valence-electron chi connectivity index (χ4n) is 2.15. The molecular formula is C17H14FN3O3S. The van der Waals surface area contributed by atoms with E-state index in [9.17, 15) is 19.1 Å². The summed E-state index contributed by atoms with van der Waals surface area (Å²) in [4.78, 5) is 28.3. The minimum absolute atomic E-state index is 0.0253. The van der Waals surface area contributed by atoms with Gasteiger partial charge in [0.15, 0.2) is 5.17 Å². The fourth-order valence-corrected chi connectivity index (χ4v) is 3.14. The number of carbonyl (C=O) groups is 2. The van der Waals surface area contributed by atoms with Crippen LogP contribution in [0.15, 0.2) is 53.5 Å². The first kappa shape index (κ1) is 17.0. The van der Waals surface area contributed by atoms with Gasteiger partial charge >= 0.3 is 0 Å². The van der Waals surface area contributed by atoms with Crippen LogP contribution in [0.25, 0.3) is 0 Å². The molecule has 128 valence electrons. The van der Waals surface area contributed by atoms with E-state index in [4.69, 9.17) is 0 Å². The average molecular weight is 359 g/mol. The molecule has 0 saturated carbocycles. The highest BCUT2D eigenvalue weighted by Gasteiger charge is 2.32. The summed E-state index contributed by atoms with van der Waals surface area (Å²) in [7, 11) is 0. The van der Waals surface area contributed by atoms with Gasteiger partial charge in [-0.05, 0) is 48.5 Å². The Hall–Kier alpha value is -2.87. The lowest BCUT2D eigenvalue weighted by molar-refractivity contribution is -0.122. The summed E-state index contributed by atoms with van der Waals surface area (Å²) in [5.41, 5.74) is 1.05. The molecule has 3 N–H and O–H groups in total. The number of nitrogens with one attached hydrogen (secondary N) is 2. The maximum absolute atomic E-state index is 12.9. The highest BCUT2D eigenvalue weighted by Crippen LogP contribution is 2.26. The number of amides is 2. The van der Waals surface area contributed by atoms with E-state index in [0.717, 1.165) is 0 Å². The summed E-state index contributed by atoms with van der Waals surface area (Å²) >= 11 is 1.17. The molecule has 2 amide bonds. The molecule has 0 radical (unpaired) electrons. The Kier molecular flexibility index (Phi) is 4.99. The van der Waals surface area contributed by atoms with Gasteiger partial charge in [-0.2, -0.15) is 0 Å². The van der Waals surface area contributed by atoms with Gasteiger partial charge in [-0.25, -0.2) is 9.38 Å². The highest BCUT2D eigenvalue weighted by atomic mass is 32.2. The molecule has 1 aliphatic heterocycles. The zero-order valence-corrected chi connectivity index (χ0v) is 13.7. The lowest BCUT2D eigenvalue weighted by Crippen LogP contribution is -2.28. The first-order valence-electron chi connectivity index (χ1n) is 7.40. The van der Waals surface area contributed by atoms with Gasteiger partial charge in [0.2, 0.25) is 11.8 Å². The number of aliphatic imine (C=N–C) groups is 1. The second-order valence-corrected chi connectivity index (χ2v) is 6.48. The van der Waals surface area contributed by atoms with Crippen LogP contribution in [0.2, 0.25) is 0 Å². The predicted molar refractivity (Wildman–Crippen MR) is 94.4 cm³/mol. The van der Waals surface area contributed by atoms with Crippen LogP contribution in [0, 0.1) is 5.82 Å². The number of carbonyl (C=O) groups excluding carboxylic acids is 2. The number of aromatic hydroxyl groups is 1. The second-order valence-electron chi connectivity index (χ2n) is 5.29. The average Bonchev–Trinajstić information content (AvgIpc) is 2.91. The largest absolute Gasteiger partial charge is 0.508 e. The van der Waals surface area contributed by atoms with Crippen molar-refractivity contribution in [2.45, 2.75) is 11.7 Å². The van der Waals surface area contributed by atoms with Crippen molar-refractivity contribution in [2.24, 2.45) is 4.99 Å². The topological polar surface area (TPSA) is 90.8 Å². The van der Waals surface area contributed by atoms with Crippen molar-refractivity contribution in [3.63, 3.8) is 0 Å². The molecule has 6 nitrogen and oxygen atoms in total. The molecule has 0 spiro atoms. The molecule has 2 aromatic rings. The Labute approximate surface area is 147 Å². The Balaban J connectivity index is 1.59. The molecule has 0 aromatic heterocycles. The number of anilines is 1. The van der Waals surface area contributed by atoms with Crippen LogP contribution in [0.4, 0.5) is 15.8 Å². The van der Waals surface area contributed by atoms with Crippen LogP contribution in [-0.4, -0.2) is 27.3 Å². The number of thioether (sulfide) groups is 1. The molecule has 1 heterocycles. The number of rotatable bonds is 4. The smallest absolute Gasteiger partial charge is 0.240 e. The van der Waals surface area contributed by atoms with Crippen molar-refractivity contribution in [1.82, 2.24) is 5.32 Å². The van der Waals surface area contributed by atoms with E-state index in [2.05, 4.69) is 15.6 Å². The third kappa shape index (κ3) is 4.57. The summed E-state index contributed by atoms with van der Waals surface area (Å²) in [5.74, 6) is -0.900. The predicted octanol–water partition coefficient (Wildman–Crippen LogP) is 2.78. The van der Waals surface area contributed by atoms with Crippen molar-refractivity contribution in [2.75, 3.05) is 5.32 Å². The number of amidine groups is 1. The molecule has 1 aliphatic rings. The molecule has 2 aromatic carbocycles. The van der Waals surface area contributed by atoms with Gasteiger partial charge < -0.3 is 15.7 Å². The standard InChI is InChI=1S/C17H14FN3O3S/c18-10-1-3-11(4-2-10)19-15(23)9-14-16(24)21-17(25-14)20-12-5-7-13(22)8-6-12/h1-8,14,22H,9H2,(H,19,23)(H,20,21,24)/t14-/m0/s1. The number of halogens is 1. The van der Waals surface area contributed by atoms with Crippen LogP contribution >= 0.6 is 11.8 Å². The van der Waals surface area contributed by atoms with Crippen LogP contribution in [-0.2, 0) is 9.59 Å². The van der Waals surface area contributed by atoms with Crippen molar-refractivity contribution in [1.29, 1.82) is 0 Å². The molecule has 0 aliphatic carbocycles. The minimum Gasteiger partial charge on any atom is -0.508 e. The Morgan fingerprint density at radius 1 is 1.20 bits per heavy atom. The number of hydrogen-bond donors (Lipinski definition) is 3. The highest BCUT2D eigenvalue weighted by molar-refractivity contribution is 8.15. The monoisotopic (exact) mass is 359 g/mol. The SMILES string of the molecule is O=C(C[C@@H]1SC(=Nc2ccc(O)cc2)NC1=O)Nc1ccc(F)cc1. The Morgan fingerprint density at radius 2 is 1.88 bits per heavy atom. The molecule has 25 heavy (non-hydrogen) atoms. The van der Waals surface area contributed by atoms with Crippen LogP contribution in [0.5, 0.6) is 5.75 Å². The molecule has 1 fully saturated rings. The van der Waals surface area contributed by atoms with Crippen molar-refractivity contribution in [3.8, 4) is 5.75 Å². The number of benzene rings is 2. The lowest BCUT2D eigenvalue weighted by atomic mass is 10.2. The summed E-state index contributed by atoms with van der Waals surface area (Å²) in [5, 5.41) is 14.3. The van der Waals surface area contributed by atoms with Crippen LogP contribution < -0.4 is 10.6 Å². The van der Waals surface area contributed by atoms with Crippen molar-refractivity contribution in [3.05, 3.63) is 54.3 Å². The molecule has 3 rings (SSSR count). The summed E-state index contributed by atoms with van der Waals surface area (Å²) in [6, 6.07) is 11.6. The molecule has 0 unspecified atom stereocenters. The van der Waals surface area contributed by atoms with E-state index < -0.39 is 5.25 Å². The molecule has 8 heteroatoms. The minimum atomic E-state index is -0.587.